The standard InChI is InChI=1S/C35H40ClF6N5O2/c1-23(43-33(49)44(2)3)30-7-5-6-8-31(30)47-17-15-46(16-18-47)14-13-25(24-9-11-29(36)12-10-24)22-45(4)32(48)26-19-27(34(37,38)39)21-28(20-26)35(40,41)42/h5-12,19-21,23,25H,13-18,22H2,1-4H3,(H,43,49)/t23-,25-/m1/s1. The third-order valence-electron chi connectivity index (χ3n) is 8.67. The van der Waals surface area contributed by atoms with Crippen molar-refractivity contribution in [2.24, 2.45) is 0 Å². The van der Waals surface area contributed by atoms with Crippen molar-refractivity contribution < 1.29 is 35.9 Å². The van der Waals surface area contributed by atoms with E-state index in [0.717, 1.165) is 43.0 Å². The Kier molecular flexibility index (Phi) is 12.1. The number of alkyl halides is 6. The fraction of sp³-hybridized carbons (Fsp3) is 0.429. The summed E-state index contributed by atoms with van der Waals surface area (Å²) in [5.41, 5.74) is -0.886. The highest BCUT2D eigenvalue weighted by Crippen LogP contribution is 2.37. The molecule has 3 aromatic rings. The molecule has 1 saturated heterocycles. The van der Waals surface area contributed by atoms with E-state index in [9.17, 15) is 35.9 Å². The summed E-state index contributed by atoms with van der Waals surface area (Å²) in [5, 5.41) is 3.50. The van der Waals surface area contributed by atoms with Crippen molar-refractivity contribution in [3.8, 4) is 0 Å². The summed E-state index contributed by atoms with van der Waals surface area (Å²) in [6.45, 7) is 5.57. The largest absolute Gasteiger partial charge is 0.416 e. The van der Waals surface area contributed by atoms with Crippen molar-refractivity contribution in [1.29, 1.82) is 0 Å². The molecule has 0 bridgehead atoms. The van der Waals surface area contributed by atoms with Gasteiger partial charge in [-0.15, -0.1) is 0 Å². The minimum absolute atomic E-state index is 0.00918. The van der Waals surface area contributed by atoms with Gasteiger partial charge in [-0.25, -0.2) is 4.79 Å². The predicted octanol–water partition coefficient (Wildman–Crippen LogP) is 7.78. The quantitative estimate of drug-likeness (QED) is 0.219. The number of carbonyl (C=O) groups is 2. The van der Waals surface area contributed by atoms with Crippen LogP contribution in [0.5, 0.6) is 0 Å². The lowest BCUT2D eigenvalue weighted by Gasteiger charge is -2.38. The van der Waals surface area contributed by atoms with Crippen molar-refractivity contribution in [1.82, 2.24) is 20.0 Å². The van der Waals surface area contributed by atoms with Crippen LogP contribution >= 0.6 is 11.6 Å². The van der Waals surface area contributed by atoms with Gasteiger partial charge in [0, 0.05) is 76.1 Å². The van der Waals surface area contributed by atoms with Gasteiger partial charge in [-0.05, 0) is 67.4 Å². The molecule has 1 N–H and O–H groups in total. The molecule has 2 atom stereocenters. The van der Waals surface area contributed by atoms with E-state index in [4.69, 9.17) is 11.6 Å². The minimum Gasteiger partial charge on any atom is -0.369 e. The lowest BCUT2D eigenvalue weighted by atomic mass is 9.94. The molecule has 0 spiro atoms. The van der Waals surface area contributed by atoms with Crippen LogP contribution in [0.3, 0.4) is 0 Å². The second-order valence-corrected chi connectivity index (χ2v) is 12.9. The summed E-state index contributed by atoms with van der Waals surface area (Å²) in [5.74, 6) is -1.22. The number of nitrogens with zero attached hydrogens (tertiary/aromatic N) is 4. The first kappa shape index (κ1) is 37.8. The molecule has 49 heavy (non-hydrogen) atoms. The van der Waals surface area contributed by atoms with Gasteiger partial charge in [0.15, 0.2) is 0 Å². The number of nitrogens with one attached hydrogen (secondary N) is 1. The van der Waals surface area contributed by atoms with E-state index in [0.29, 0.717) is 30.1 Å². The number of piperazine rings is 1. The maximum absolute atomic E-state index is 13.5. The van der Waals surface area contributed by atoms with Crippen LogP contribution < -0.4 is 10.2 Å². The topological polar surface area (TPSA) is 59.1 Å². The molecule has 1 heterocycles. The molecule has 7 nitrogen and oxygen atoms in total. The number of amides is 3. The molecule has 1 aliphatic rings. The first-order chi connectivity index (χ1) is 22.9. The number of carbonyl (C=O) groups excluding carboxylic acids is 2. The molecular formula is C35H40ClF6N5O2. The molecule has 3 aromatic carbocycles. The van der Waals surface area contributed by atoms with E-state index in [1.807, 2.05) is 43.3 Å². The van der Waals surface area contributed by atoms with Crippen LogP contribution in [0.25, 0.3) is 0 Å². The van der Waals surface area contributed by atoms with Crippen molar-refractivity contribution in [2.45, 2.75) is 37.7 Å². The molecule has 266 valence electrons. The van der Waals surface area contributed by atoms with Crippen LogP contribution in [-0.4, -0.2) is 87.0 Å². The number of urea groups is 1. The van der Waals surface area contributed by atoms with Crippen LogP contribution in [0.15, 0.2) is 66.7 Å². The number of hydrogen-bond donors (Lipinski definition) is 1. The van der Waals surface area contributed by atoms with Crippen molar-refractivity contribution >= 4 is 29.2 Å². The van der Waals surface area contributed by atoms with Crippen LogP contribution in [-0.2, 0) is 12.4 Å². The second kappa shape index (κ2) is 15.7. The van der Waals surface area contributed by atoms with Gasteiger partial charge in [-0.3, -0.25) is 9.69 Å². The molecule has 0 aliphatic carbocycles. The summed E-state index contributed by atoms with van der Waals surface area (Å²) in [4.78, 5) is 32.8. The van der Waals surface area contributed by atoms with E-state index in [-0.39, 0.29) is 30.6 Å². The van der Waals surface area contributed by atoms with E-state index < -0.39 is 35.0 Å². The minimum atomic E-state index is -5.06. The molecule has 4 rings (SSSR count). The molecule has 0 saturated carbocycles. The van der Waals surface area contributed by atoms with Gasteiger partial charge >= 0.3 is 18.4 Å². The van der Waals surface area contributed by atoms with Gasteiger partial charge in [0.2, 0.25) is 0 Å². The Balaban J connectivity index is 1.45. The van der Waals surface area contributed by atoms with Crippen molar-refractivity contribution in [3.63, 3.8) is 0 Å². The van der Waals surface area contributed by atoms with Gasteiger partial charge in [-0.1, -0.05) is 41.9 Å². The van der Waals surface area contributed by atoms with E-state index in [2.05, 4.69) is 15.1 Å². The van der Waals surface area contributed by atoms with Crippen LogP contribution in [0.2, 0.25) is 5.02 Å². The van der Waals surface area contributed by atoms with E-state index in [1.54, 1.807) is 26.2 Å². The van der Waals surface area contributed by atoms with Gasteiger partial charge in [-0.2, -0.15) is 26.3 Å². The predicted molar refractivity (Wildman–Crippen MR) is 178 cm³/mol. The third-order valence-corrected chi connectivity index (χ3v) is 8.93. The number of rotatable bonds is 10. The lowest BCUT2D eigenvalue weighted by molar-refractivity contribution is -0.143. The Hall–Kier alpha value is -3.97. The third kappa shape index (κ3) is 10.0. The monoisotopic (exact) mass is 711 g/mol. The maximum Gasteiger partial charge on any atom is 0.416 e. The van der Waals surface area contributed by atoms with E-state index in [1.165, 1.54) is 16.8 Å². The van der Waals surface area contributed by atoms with E-state index >= 15 is 0 Å². The normalized spacial score (nSPS) is 15.4. The van der Waals surface area contributed by atoms with Gasteiger partial charge < -0.3 is 20.0 Å². The molecular weight excluding hydrogens is 672 g/mol. The van der Waals surface area contributed by atoms with Crippen LogP contribution in [0, 0.1) is 0 Å². The molecule has 0 aromatic heterocycles. The molecule has 0 unspecified atom stereocenters. The number of para-hydroxylation sites is 1. The summed E-state index contributed by atoms with van der Waals surface area (Å²) in [6, 6.07) is 15.5. The highest BCUT2D eigenvalue weighted by Gasteiger charge is 2.38. The van der Waals surface area contributed by atoms with Gasteiger partial charge in [0.1, 0.15) is 0 Å². The highest BCUT2D eigenvalue weighted by molar-refractivity contribution is 6.30. The lowest BCUT2D eigenvalue weighted by Crippen LogP contribution is -2.47. The molecule has 0 radical (unpaired) electrons. The average Bonchev–Trinajstić information content (AvgIpc) is 3.05. The Morgan fingerprint density at radius 2 is 1.43 bits per heavy atom. The second-order valence-electron chi connectivity index (χ2n) is 12.5. The fourth-order valence-corrected chi connectivity index (χ4v) is 6.02. The van der Waals surface area contributed by atoms with Crippen LogP contribution in [0.4, 0.5) is 36.8 Å². The van der Waals surface area contributed by atoms with Crippen molar-refractivity contribution in [2.75, 3.05) is 65.3 Å². The Morgan fingerprint density at radius 1 is 0.857 bits per heavy atom. The number of hydrogen-bond acceptors (Lipinski definition) is 4. The highest BCUT2D eigenvalue weighted by atomic mass is 35.5. The zero-order chi connectivity index (χ0) is 36.1. The first-order valence-corrected chi connectivity index (χ1v) is 16.2. The maximum atomic E-state index is 13.5. The number of likely N-dealkylation sites (N-methyl/N-ethyl adjacent to an activating group) is 1. The summed E-state index contributed by atoms with van der Waals surface area (Å²) < 4.78 is 80.8. The van der Waals surface area contributed by atoms with Crippen molar-refractivity contribution in [3.05, 3.63) is 99.6 Å². The fourth-order valence-electron chi connectivity index (χ4n) is 5.90. The summed E-state index contributed by atoms with van der Waals surface area (Å²) in [7, 11) is 4.74. The molecule has 3 amide bonds. The molecule has 1 aliphatic heterocycles. The van der Waals surface area contributed by atoms with Crippen LogP contribution in [0.1, 0.15) is 57.9 Å². The number of halogens is 7. The van der Waals surface area contributed by atoms with Gasteiger partial charge in [0.25, 0.3) is 5.91 Å². The van der Waals surface area contributed by atoms with Gasteiger partial charge in [0.05, 0.1) is 17.2 Å². The summed E-state index contributed by atoms with van der Waals surface area (Å²) in [6.07, 6.45) is -9.56. The zero-order valence-corrected chi connectivity index (χ0v) is 28.5. The summed E-state index contributed by atoms with van der Waals surface area (Å²) >= 11 is 6.10. The Morgan fingerprint density at radius 3 is 1.98 bits per heavy atom. The smallest absolute Gasteiger partial charge is 0.369 e. The first-order valence-electron chi connectivity index (χ1n) is 15.8. The average molecular weight is 712 g/mol. The number of benzene rings is 3. The zero-order valence-electron chi connectivity index (χ0n) is 27.7. The molecule has 1 fully saturated rings. The Bertz CT molecular complexity index is 1560. The number of anilines is 1. The molecule has 14 heteroatoms. The SMILES string of the molecule is C[C@@H](NC(=O)N(C)C)c1ccccc1N1CCN(CC[C@H](CN(C)C(=O)c2cc(C(F)(F)F)cc(C(F)(F)F)c2)c2ccc(Cl)cc2)CC1. The Labute approximate surface area is 287 Å².